The standard InChI is InChI=1S/C16H18N2O2/c1-10-3-5-12(6-4-10)14-15(16(19)20)18-8-7-11(2)9-13(18)17-14/h3-6,11H,7-9H2,1-2H3,(H,19,20). The van der Waals surface area contributed by atoms with Crippen molar-refractivity contribution >= 4 is 5.97 Å². The van der Waals surface area contributed by atoms with Crippen molar-refractivity contribution in [1.82, 2.24) is 9.55 Å². The molecule has 0 aliphatic carbocycles. The normalized spacial score (nSPS) is 17.8. The van der Waals surface area contributed by atoms with Gasteiger partial charge in [0.15, 0.2) is 5.69 Å². The van der Waals surface area contributed by atoms with Gasteiger partial charge >= 0.3 is 5.97 Å². The van der Waals surface area contributed by atoms with Gasteiger partial charge in [-0.2, -0.15) is 0 Å². The van der Waals surface area contributed by atoms with Gasteiger partial charge in [0.05, 0.1) is 0 Å². The lowest BCUT2D eigenvalue weighted by molar-refractivity contribution is 0.0684. The van der Waals surface area contributed by atoms with E-state index in [4.69, 9.17) is 0 Å². The Kier molecular flexibility index (Phi) is 3.08. The monoisotopic (exact) mass is 270 g/mol. The van der Waals surface area contributed by atoms with Gasteiger partial charge in [0.25, 0.3) is 0 Å². The Bertz CT molecular complexity index is 656. The molecule has 0 amide bonds. The number of benzene rings is 1. The highest BCUT2D eigenvalue weighted by atomic mass is 16.4. The molecule has 1 aliphatic rings. The Morgan fingerprint density at radius 1 is 1.35 bits per heavy atom. The first-order valence-electron chi connectivity index (χ1n) is 6.96. The Balaban J connectivity index is 2.15. The lowest BCUT2D eigenvalue weighted by Gasteiger charge is -2.20. The first-order valence-corrected chi connectivity index (χ1v) is 6.96. The molecule has 4 heteroatoms. The van der Waals surface area contributed by atoms with Gasteiger partial charge in [-0.25, -0.2) is 9.78 Å². The highest BCUT2D eigenvalue weighted by Crippen LogP contribution is 2.29. The molecular formula is C16H18N2O2. The van der Waals surface area contributed by atoms with Crippen LogP contribution in [0, 0.1) is 12.8 Å². The van der Waals surface area contributed by atoms with Crippen LogP contribution < -0.4 is 0 Å². The quantitative estimate of drug-likeness (QED) is 0.912. The van der Waals surface area contributed by atoms with Crippen LogP contribution in [-0.4, -0.2) is 20.6 Å². The van der Waals surface area contributed by atoms with Gasteiger partial charge in [0, 0.05) is 18.5 Å². The lowest BCUT2D eigenvalue weighted by Crippen LogP contribution is -2.20. The van der Waals surface area contributed by atoms with E-state index in [1.54, 1.807) is 0 Å². The molecule has 0 spiro atoms. The summed E-state index contributed by atoms with van der Waals surface area (Å²) >= 11 is 0. The fourth-order valence-corrected chi connectivity index (χ4v) is 2.79. The second-order valence-electron chi connectivity index (χ2n) is 5.65. The van der Waals surface area contributed by atoms with Gasteiger partial charge < -0.3 is 9.67 Å². The topological polar surface area (TPSA) is 55.1 Å². The van der Waals surface area contributed by atoms with E-state index < -0.39 is 5.97 Å². The number of carboxylic acid groups (broad SMARTS) is 1. The van der Waals surface area contributed by atoms with E-state index in [1.165, 1.54) is 0 Å². The maximum absolute atomic E-state index is 11.6. The molecule has 0 radical (unpaired) electrons. The molecule has 3 rings (SSSR count). The van der Waals surface area contributed by atoms with Crippen molar-refractivity contribution in [2.75, 3.05) is 0 Å². The van der Waals surface area contributed by atoms with Crippen molar-refractivity contribution in [1.29, 1.82) is 0 Å². The summed E-state index contributed by atoms with van der Waals surface area (Å²) in [5.41, 5.74) is 2.96. The Labute approximate surface area is 118 Å². The maximum Gasteiger partial charge on any atom is 0.354 e. The number of aryl methyl sites for hydroxylation is 1. The molecule has 20 heavy (non-hydrogen) atoms. The highest BCUT2D eigenvalue weighted by molar-refractivity contribution is 5.93. The van der Waals surface area contributed by atoms with Crippen LogP contribution in [0.15, 0.2) is 24.3 Å². The molecule has 0 saturated carbocycles. The van der Waals surface area contributed by atoms with Crippen molar-refractivity contribution in [3.05, 3.63) is 41.3 Å². The van der Waals surface area contributed by atoms with Crippen LogP contribution in [0.1, 0.15) is 35.2 Å². The fraction of sp³-hybridized carbons (Fsp3) is 0.375. The molecule has 1 unspecified atom stereocenters. The zero-order valence-corrected chi connectivity index (χ0v) is 11.8. The second kappa shape index (κ2) is 4.78. The van der Waals surface area contributed by atoms with Crippen molar-refractivity contribution in [3.63, 3.8) is 0 Å². The van der Waals surface area contributed by atoms with Gasteiger partial charge in [-0.1, -0.05) is 36.8 Å². The van der Waals surface area contributed by atoms with Gasteiger partial charge in [-0.05, 0) is 19.3 Å². The molecule has 0 fully saturated rings. The minimum atomic E-state index is -0.895. The Hall–Kier alpha value is -2.10. The number of hydrogen-bond acceptors (Lipinski definition) is 2. The maximum atomic E-state index is 11.6. The Morgan fingerprint density at radius 3 is 2.70 bits per heavy atom. The predicted octanol–water partition coefficient (Wildman–Crippen LogP) is 3.14. The number of hydrogen-bond donors (Lipinski definition) is 1. The number of aromatic nitrogens is 2. The molecule has 2 heterocycles. The minimum absolute atomic E-state index is 0.329. The number of aromatic carboxylic acids is 1. The van der Waals surface area contributed by atoms with Gasteiger partial charge in [-0.15, -0.1) is 0 Å². The zero-order chi connectivity index (χ0) is 14.3. The van der Waals surface area contributed by atoms with E-state index in [2.05, 4.69) is 11.9 Å². The molecule has 1 N–H and O–H groups in total. The summed E-state index contributed by atoms with van der Waals surface area (Å²) in [6.07, 6.45) is 1.86. The molecule has 4 nitrogen and oxygen atoms in total. The van der Waals surface area contributed by atoms with Gasteiger partial charge in [-0.3, -0.25) is 0 Å². The Morgan fingerprint density at radius 2 is 2.05 bits per heavy atom. The smallest absolute Gasteiger partial charge is 0.354 e. The summed E-state index contributed by atoms with van der Waals surface area (Å²) in [6, 6.07) is 7.86. The van der Waals surface area contributed by atoms with Crippen LogP contribution in [0.3, 0.4) is 0 Å². The molecule has 0 bridgehead atoms. The van der Waals surface area contributed by atoms with Crippen molar-refractivity contribution in [2.24, 2.45) is 5.92 Å². The van der Waals surface area contributed by atoms with E-state index in [0.717, 1.165) is 36.3 Å². The first-order chi connectivity index (χ1) is 9.56. The molecular weight excluding hydrogens is 252 g/mol. The van der Waals surface area contributed by atoms with Gasteiger partial charge in [0.2, 0.25) is 0 Å². The van der Waals surface area contributed by atoms with Crippen LogP contribution >= 0.6 is 0 Å². The van der Waals surface area contributed by atoms with Crippen LogP contribution in [-0.2, 0) is 13.0 Å². The summed E-state index contributed by atoms with van der Waals surface area (Å²) in [5, 5.41) is 9.53. The largest absolute Gasteiger partial charge is 0.477 e. The summed E-state index contributed by atoms with van der Waals surface area (Å²) < 4.78 is 1.87. The van der Waals surface area contributed by atoms with Gasteiger partial charge in [0.1, 0.15) is 11.5 Å². The van der Waals surface area contributed by atoms with E-state index in [-0.39, 0.29) is 0 Å². The molecule has 1 atom stereocenters. The van der Waals surface area contributed by atoms with Crippen LogP contribution in [0.4, 0.5) is 0 Å². The van der Waals surface area contributed by atoms with E-state index >= 15 is 0 Å². The van der Waals surface area contributed by atoms with Crippen molar-refractivity contribution < 1.29 is 9.90 Å². The molecule has 0 saturated heterocycles. The second-order valence-corrected chi connectivity index (χ2v) is 5.65. The average Bonchev–Trinajstić information content (AvgIpc) is 2.77. The summed E-state index contributed by atoms with van der Waals surface area (Å²) in [4.78, 5) is 16.2. The van der Waals surface area contributed by atoms with Crippen molar-refractivity contribution in [2.45, 2.75) is 33.2 Å². The average molecular weight is 270 g/mol. The molecule has 1 aromatic heterocycles. The van der Waals surface area contributed by atoms with E-state index in [9.17, 15) is 9.90 Å². The summed E-state index contributed by atoms with van der Waals surface area (Å²) in [5.74, 6) is 0.572. The fourth-order valence-electron chi connectivity index (χ4n) is 2.79. The molecule has 1 aromatic carbocycles. The SMILES string of the molecule is Cc1ccc(-c2nc3n(c2C(=O)O)CCC(C)C3)cc1. The van der Waals surface area contributed by atoms with Crippen LogP contribution in [0.5, 0.6) is 0 Å². The molecule has 1 aliphatic heterocycles. The number of carboxylic acids is 1. The number of rotatable bonds is 2. The van der Waals surface area contributed by atoms with Crippen LogP contribution in [0.2, 0.25) is 0 Å². The zero-order valence-electron chi connectivity index (χ0n) is 11.8. The summed E-state index contributed by atoms with van der Waals surface area (Å²) in [6.45, 7) is 4.95. The van der Waals surface area contributed by atoms with Crippen molar-refractivity contribution in [3.8, 4) is 11.3 Å². The third-order valence-electron chi connectivity index (χ3n) is 3.95. The number of carbonyl (C=O) groups is 1. The van der Waals surface area contributed by atoms with E-state index in [0.29, 0.717) is 17.3 Å². The predicted molar refractivity (Wildman–Crippen MR) is 76.8 cm³/mol. The highest BCUT2D eigenvalue weighted by Gasteiger charge is 2.27. The number of imidazole rings is 1. The van der Waals surface area contributed by atoms with Crippen LogP contribution in [0.25, 0.3) is 11.3 Å². The molecule has 2 aromatic rings. The lowest BCUT2D eigenvalue weighted by atomic mass is 10.0. The summed E-state index contributed by atoms with van der Waals surface area (Å²) in [7, 11) is 0. The minimum Gasteiger partial charge on any atom is -0.477 e. The first kappa shape index (κ1) is 12.9. The third-order valence-corrected chi connectivity index (χ3v) is 3.95. The number of nitrogens with zero attached hydrogens (tertiary/aromatic N) is 2. The molecule has 104 valence electrons. The number of fused-ring (bicyclic) bond motifs is 1. The van der Waals surface area contributed by atoms with E-state index in [1.807, 2.05) is 35.8 Å². The third kappa shape index (κ3) is 2.11.